The average molecular weight is 230 g/mol. The number of aromatic nitrogens is 1. The summed E-state index contributed by atoms with van der Waals surface area (Å²) in [7, 11) is 0. The van der Waals surface area contributed by atoms with Gasteiger partial charge in [0.25, 0.3) is 5.91 Å². The zero-order valence-corrected chi connectivity index (χ0v) is 8.79. The number of nitrogens with zero attached hydrogens (tertiary/aromatic N) is 1. The molecule has 0 aliphatic carbocycles. The number of phenols is 2. The van der Waals surface area contributed by atoms with Crippen molar-refractivity contribution < 1.29 is 15.0 Å². The lowest BCUT2D eigenvalue weighted by molar-refractivity contribution is 0.0997. The zero-order valence-electron chi connectivity index (χ0n) is 8.79. The SMILES string of the molecule is NC(=O)c1cc(-c2ccncc2)cc(O)c1O. The van der Waals surface area contributed by atoms with Crippen LogP contribution in [0.4, 0.5) is 0 Å². The number of phenolic OH excluding ortho intramolecular Hbond substituents is 1. The number of hydrogen-bond acceptors (Lipinski definition) is 4. The second kappa shape index (κ2) is 4.13. The molecule has 5 heteroatoms. The quantitative estimate of drug-likeness (QED) is 0.676. The number of aromatic hydroxyl groups is 2. The molecular formula is C12H10N2O3. The van der Waals surface area contributed by atoms with Crippen LogP contribution in [-0.2, 0) is 0 Å². The fourth-order valence-corrected chi connectivity index (χ4v) is 1.52. The van der Waals surface area contributed by atoms with Crippen LogP contribution >= 0.6 is 0 Å². The maximum atomic E-state index is 11.1. The topological polar surface area (TPSA) is 96.4 Å². The third kappa shape index (κ3) is 2.03. The molecule has 4 N–H and O–H groups in total. The number of nitrogens with two attached hydrogens (primary N) is 1. The van der Waals surface area contributed by atoms with Crippen molar-refractivity contribution in [1.29, 1.82) is 0 Å². The van der Waals surface area contributed by atoms with Gasteiger partial charge in [0.1, 0.15) is 0 Å². The first-order chi connectivity index (χ1) is 8.09. The molecule has 0 aliphatic rings. The second-order valence-electron chi connectivity index (χ2n) is 3.49. The van der Waals surface area contributed by atoms with Gasteiger partial charge in [0, 0.05) is 12.4 Å². The molecule has 2 rings (SSSR count). The molecule has 1 amide bonds. The van der Waals surface area contributed by atoms with E-state index in [1.165, 1.54) is 12.1 Å². The average Bonchev–Trinajstić information content (AvgIpc) is 2.33. The Morgan fingerprint density at radius 3 is 2.35 bits per heavy atom. The molecule has 0 saturated heterocycles. The van der Waals surface area contributed by atoms with Crippen molar-refractivity contribution in [2.24, 2.45) is 5.73 Å². The summed E-state index contributed by atoms with van der Waals surface area (Å²) < 4.78 is 0. The molecule has 86 valence electrons. The van der Waals surface area contributed by atoms with Gasteiger partial charge in [-0.1, -0.05) is 0 Å². The van der Waals surface area contributed by atoms with Gasteiger partial charge in [-0.3, -0.25) is 9.78 Å². The van der Waals surface area contributed by atoms with Gasteiger partial charge >= 0.3 is 0 Å². The predicted octanol–water partition coefficient (Wildman–Crippen LogP) is 1.26. The smallest absolute Gasteiger partial charge is 0.252 e. The van der Waals surface area contributed by atoms with E-state index in [1.807, 2.05) is 0 Å². The van der Waals surface area contributed by atoms with Crippen molar-refractivity contribution >= 4 is 5.91 Å². The third-order valence-corrected chi connectivity index (χ3v) is 2.37. The van der Waals surface area contributed by atoms with Crippen molar-refractivity contribution in [3.05, 3.63) is 42.2 Å². The Balaban J connectivity index is 2.61. The minimum absolute atomic E-state index is 0.114. The van der Waals surface area contributed by atoms with Crippen molar-refractivity contribution in [3.8, 4) is 22.6 Å². The Morgan fingerprint density at radius 1 is 1.12 bits per heavy atom. The predicted molar refractivity (Wildman–Crippen MR) is 61.5 cm³/mol. The van der Waals surface area contributed by atoms with E-state index in [4.69, 9.17) is 5.73 Å². The molecule has 2 aromatic rings. The van der Waals surface area contributed by atoms with Gasteiger partial charge in [-0.25, -0.2) is 0 Å². The van der Waals surface area contributed by atoms with Crippen LogP contribution < -0.4 is 5.73 Å². The van der Waals surface area contributed by atoms with Crippen LogP contribution in [0.1, 0.15) is 10.4 Å². The summed E-state index contributed by atoms with van der Waals surface area (Å²) in [5.41, 5.74) is 6.34. The van der Waals surface area contributed by atoms with Crippen LogP contribution in [0.3, 0.4) is 0 Å². The van der Waals surface area contributed by atoms with Crippen molar-refractivity contribution in [2.45, 2.75) is 0 Å². The summed E-state index contributed by atoms with van der Waals surface area (Å²) in [5, 5.41) is 19.0. The summed E-state index contributed by atoms with van der Waals surface area (Å²) in [6, 6.07) is 6.22. The Kier molecular flexibility index (Phi) is 2.66. The van der Waals surface area contributed by atoms with Gasteiger partial charge in [0.2, 0.25) is 0 Å². The number of hydrogen-bond donors (Lipinski definition) is 3. The molecule has 1 heterocycles. The van der Waals surface area contributed by atoms with Crippen LogP contribution in [0.15, 0.2) is 36.7 Å². The zero-order chi connectivity index (χ0) is 12.4. The molecule has 0 fully saturated rings. The van der Waals surface area contributed by atoms with E-state index in [9.17, 15) is 15.0 Å². The molecule has 0 saturated carbocycles. The molecule has 1 aromatic carbocycles. The van der Waals surface area contributed by atoms with Crippen molar-refractivity contribution in [3.63, 3.8) is 0 Å². The molecule has 17 heavy (non-hydrogen) atoms. The van der Waals surface area contributed by atoms with Gasteiger partial charge in [-0.05, 0) is 35.4 Å². The summed E-state index contributed by atoms with van der Waals surface area (Å²) in [5.74, 6) is -1.68. The Morgan fingerprint density at radius 2 is 1.76 bits per heavy atom. The molecular weight excluding hydrogens is 220 g/mol. The normalized spacial score (nSPS) is 10.1. The summed E-state index contributed by atoms with van der Waals surface area (Å²) >= 11 is 0. The number of carbonyl (C=O) groups excluding carboxylic acids is 1. The number of primary amides is 1. The largest absolute Gasteiger partial charge is 0.504 e. The van der Waals surface area contributed by atoms with Gasteiger partial charge in [-0.2, -0.15) is 0 Å². The highest BCUT2D eigenvalue weighted by molar-refractivity contribution is 5.98. The minimum Gasteiger partial charge on any atom is -0.504 e. The van der Waals surface area contributed by atoms with Crippen molar-refractivity contribution in [1.82, 2.24) is 4.98 Å². The number of pyridine rings is 1. The van der Waals surface area contributed by atoms with Gasteiger partial charge < -0.3 is 15.9 Å². The van der Waals surface area contributed by atoms with Crippen LogP contribution in [0.5, 0.6) is 11.5 Å². The first-order valence-electron chi connectivity index (χ1n) is 4.86. The van der Waals surface area contributed by atoms with E-state index in [0.29, 0.717) is 5.56 Å². The number of rotatable bonds is 2. The molecule has 0 unspecified atom stereocenters. The fourth-order valence-electron chi connectivity index (χ4n) is 1.52. The Hall–Kier alpha value is -2.56. The summed E-state index contributed by atoms with van der Waals surface area (Å²) in [6.45, 7) is 0. The molecule has 5 nitrogen and oxygen atoms in total. The lowest BCUT2D eigenvalue weighted by atomic mass is 10.0. The van der Waals surface area contributed by atoms with E-state index in [-0.39, 0.29) is 11.3 Å². The van der Waals surface area contributed by atoms with E-state index in [2.05, 4.69) is 4.98 Å². The Labute approximate surface area is 97.2 Å². The summed E-state index contributed by atoms with van der Waals surface area (Å²) in [4.78, 5) is 15.0. The second-order valence-corrected chi connectivity index (χ2v) is 3.49. The lowest BCUT2D eigenvalue weighted by Crippen LogP contribution is -2.11. The third-order valence-electron chi connectivity index (χ3n) is 2.37. The number of benzene rings is 1. The first-order valence-corrected chi connectivity index (χ1v) is 4.86. The Bertz CT molecular complexity index is 567. The van der Waals surface area contributed by atoms with Gasteiger partial charge in [0.15, 0.2) is 11.5 Å². The van der Waals surface area contributed by atoms with Crippen molar-refractivity contribution in [2.75, 3.05) is 0 Å². The van der Waals surface area contributed by atoms with Crippen LogP contribution in [-0.4, -0.2) is 21.1 Å². The highest BCUT2D eigenvalue weighted by atomic mass is 16.3. The highest BCUT2D eigenvalue weighted by Crippen LogP contribution is 2.34. The lowest BCUT2D eigenvalue weighted by Gasteiger charge is -2.07. The van der Waals surface area contributed by atoms with Crippen LogP contribution in [0.25, 0.3) is 11.1 Å². The summed E-state index contributed by atoms with van der Waals surface area (Å²) in [6.07, 6.45) is 3.17. The molecule has 0 atom stereocenters. The standard InChI is InChI=1S/C12H10N2O3/c13-12(17)9-5-8(6-10(15)11(9)16)7-1-3-14-4-2-7/h1-6,15-16H,(H2,13,17). The van der Waals surface area contributed by atoms with E-state index in [0.717, 1.165) is 5.56 Å². The molecule has 1 aromatic heterocycles. The maximum Gasteiger partial charge on any atom is 0.252 e. The highest BCUT2D eigenvalue weighted by Gasteiger charge is 2.14. The first kappa shape index (κ1) is 10.9. The molecule has 0 radical (unpaired) electrons. The van der Waals surface area contributed by atoms with E-state index < -0.39 is 11.7 Å². The minimum atomic E-state index is -0.797. The number of carbonyl (C=O) groups is 1. The van der Waals surface area contributed by atoms with E-state index >= 15 is 0 Å². The van der Waals surface area contributed by atoms with Crippen LogP contribution in [0.2, 0.25) is 0 Å². The molecule has 0 bridgehead atoms. The maximum absolute atomic E-state index is 11.1. The fraction of sp³-hybridized carbons (Fsp3) is 0. The van der Waals surface area contributed by atoms with Crippen LogP contribution in [0, 0.1) is 0 Å². The number of amides is 1. The molecule has 0 aliphatic heterocycles. The van der Waals surface area contributed by atoms with E-state index in [1.54, 1.807) is 24.5 Å². The molecule has 0 spiro atoms. The monoisotopic (exact) mass is 230 g/mol. The van der Waals surface area contributed by atoms with Gasteiger partial charge in [0.05, 0.1) is 5.56 Å². The van der Waals surface area contributed by atoms with Gasteiger partial charge in [-0.15, -0.1) is 0 Å².